The molecule has 1 heterocycles. The highest BCUT2D eigenvalue weighted by atomic mass is 16.4. The van der Waals surface area contributed by atoms with E-state index in [1.165, 1.54) is 25.7 Å². The van der Waals surface area contributed by atoms with E-state index in [0.717, 1.165) is 25.4 Å². The van der Waals surface area contributed by atoms with Gasteiger partial charge in [-0.25, -0.2) is 4.79 Å². The van der Waals surface area contributed by atoms with Crippen molar-refractivity contribution in [3.05, 3.63) is 0 Å². The summed E-state index contributed by atoms with van der Waals surface area (Å²) in [6.07, 6.45) is 5.59. The van der Waals surface area contributed by atoms with Gasteiger partial charge in [0.1, 0.15) is 0 Å². The zero-order valence-corrected chi connectivity index (χ0v) is 7.91. The van der Waals surface area contributed by atoms with E-state index in [2.05, 4.69) is 0 Å². The van der Waals surface area contributed by atoms with Gasteiger partial charge in [0.2, 0.25) is 0 Å². The molecule has 1 saturated carbocycles. The maximum absolute atomic E-state index is 10.8. The van der Waals surface area contributed by atoms with Crippen LogP contribution in [0.15, 0.2) is 0 Å². The van der Waals surface area contributed by atoms with Crippen LogP contribution in [0, 0.1) is 11.8 Å². The van der Waals surface area contributed by atoms with E-state index in [1.807, 2.05) is 0 Å². The largest absolute Gasteiger partial charge is 0.465 e. The van der Waals surface area contributed by atoms with Crippen molar-refractivity contribution in [2.75, 3.05) is 13.1 Å². The van der Waals surface area contributed by atoms with E-state index >= 15 is 0 Å². The third kappa shape index (κ3) is 1.79. The molecule has 0 aromatic rings. The maximum atomic E-state index is 10.8. The molecule has 2 unspecified atom stereocenters. The standard InChI is InChI=1S/C10H17NO2/c12-10(13)11-6-5-8-3-1-2-4-9(8)7-11/h8-9H,1-7H2,(H,12,13). The van der Waals surface area contributed by atoms with Gasteiger partial charge in [-0.3, -0.25) is 0 Å². The first kappa shape index (κ1) is 8.85. The summed E-state index contributed by atoms with van der Waals surface area (Å²) in [5, 5.41) is 8.85. The zero-order chi connectivity index (χ0) is 9.26. The number of amides is 1. The molecule has 2 atom stereocenters. The topological polar surface area (TPSA) is 40.5 Å². The molecule has 3 nitrogen and oxygen atoms in total. The normalized spacial score (nSPS) is 34.0. The summed E-state index contributed by atoms with van der Waals surface area (Å²) in [6, 6.07) is 0. The molecule has 0 aromatic heterocycles. The predicted molar refractivity (Wildman–Crippen MR) is 49.7 cm³/mol. The monoisotopic (exact) mass is 183 g/mol. The fourth-order valence-corrected chi connectivity index (χ4v) is 2.77. The van der Waals surface area contributed by atoms with Crippen molar-refractivity contribution in [3.8, 4) is 0 Å². The number of rotatable bonds is 0. The van der Waals surface area contributed by atoms with Gasteiger partial charge in [-0.15, -0.1) is 0 Å². The number of hydrogen-bond acceptors (Lipinski definition) is 1. The van der Waals surface area contributed by atoms with Crippen LogP contribution in [0.1, 0.15) is 32.1 Å². The number of carboxylic acid groups (broad SMARTS) is 1. The molecular formula is C10H17NO2. The molecule has 3 heteroatoms. The van der Waals surface area contributed by atoms with Crippen molar-refractivity contribution >= 4 is 6.09 Å². The summed E-state index contributed by atoms with van der Waals surface area (Å²) in [7, 11) is 0. The lowest BCUT2D eigenvalue weighted by atomic mass is 9.75. The first-order valence-corrected chi connectivity index (χ1v) is 5.25. The lowest BCUT2D eigenvalue weighted by Gasteiger charge is -2.40. The molecular weight excluding hydrogens is 166 g/mol. The Labute approximate surface area is 78.7 Å². The molecule has 1 amide bonds. The van der Waals surface area contributed by atoms with Gasteiger partial charge in [0.15, 0.2) is 0 Å². The highest BCUT2D eigenvalue weighted by Crippen LogP contribution is 2.35. The second-order valence-corrected chi connectivity index (χ2v) is 4.32. The van der Waals surface area contributed by atoms with Gasteiger partial charge in [-0.1, -0.05) is 19.3 Å². The second kappa shape index (κ2) is 3.56. The Morgan fingerprint density at radius 2 is 1.85 bits per heavy atom. The molecule has 2 fully saturated rings. The van der Waals surface area contributed by atoms with E-state index in [4.69, 9.17) is 5.11 Å². The van der Waals surface area contributed by atoms with Crippen LogP contribution in [0.3, 0.4) is 0 Å². The number of hydrogen-bond donors (Lipinski definition) is 1. The lowest BCUT2D eigenvalue weighted by Crippen LogP contribution is -2.44. The fraction of sp³-hybridized carbons (Fsp3) is 0.900. The summed E-state index contributed by atoms with van der Waals surface area (Å²) in [5.74, 6) is 1.49. The maximum Gasteiger partial charge on any atom is 0.407 e. The second-order valence-electron chi connectivity index (χ2n) is 4.32. The summed E-state index contributed by atoms with van der Waals surface area (Å²) in [4.78, 5) is 12.3. The molecule has 0 bridgehead atoms. The molecule has 0 aromatic carbocycles. The molecule has 2 aliphatic rings. The van der Waals surface area contributed by atoms with E-state index in [1.54, 1.807) is 4.90 Å². The molecule has 1 aliphatic carbocycles. The Balaban J connectivity index is 1.95. The molecule has 0 spiro atoms. The number of nitrogens with zero attached hydrogens (tertiary/aromatic N) is 1. The van der Waals surface area contributed by atoms with E-state index < -0.39 is 6.09 Å². The van der Waals surface area contributed by atoms with Crippen molar-refractivity contribution in [1.29, 1.82) is 0 Å². The van der Waals surface area contributed by atoms with Crippen LogP contribution >= 0.6 is 0 Å². The zero-order valence-electron chi connectivity index (χ0n) is 7.91. The van der Waals surface area contributed by atoms with Crippen molar-refractivity contribution in [3.63, 3.8) is 0 Å². The molecule has 1 saturated heterocycles. The van der Waals surface area contributed by atoms with Gasteiger partial charge in [-0.2, -0.15) is 0 Å². The molecule has 13 heavy (non-hydrogen) atoms. The summed E-state index contributed by atoms with van der Waals surface area (Å²) < 4.78 is 0. The van der Waals surface area contributed by atoms with Crippen molar-refractivity contribution in [1.82, 2.24) is 4.90 Å². The van der Waals surface area contributed by atoms with Crippen LogP contribution in [0.25, 0.3) is 0 Å². The summed E-state index contributed by atoms with van der Waals surface area (Å²) >= 11 is 0. The molecule has 1 N–H and O–H groups in total. The van der Waals surface area contributed by atoms with E-state index in [-0.39, 0.29) is 0 Å². The molecule has 74 valence electrons. The lowest BCUT2D eigenvalue weighted by molar-refractivity contribution is 0.0775. The van der Waals surface area contributed by atoms with Crippen molar-refractivity contribution < 1.29 is 9.90 Å². The number of fused-ring (bicyclic) bond motifs is 1. The molecule has 0 radical (unpaired) electrons. The number of carbonyl (C=O) groups is 1. The van der Waals surface area contributed by atoms with Gasteiger partial charge in [0, 0.05) is 13.1 Å². The highest BCUT2D eigenvalue weighted by Gasteiger charge is 2.32. The Bertz CT molecular complexity index is 205. The minimum absolute atomic E-state index is 0.665. The Morgan fingerprint density at radius 3 is 2.54 bits per heavy atom. The van der Waals surface area contributed by atoms with Crippen molar-refractivity contribution in [2.45, 2.75) is 32.1 Å². The van der Waals surface area contributed by atoms with Crippen LogP contribution < -0.4 is 0 Å². The van der Waals surface area contributed by atoms with Gasteiger partial charge < -0.3 is 10.0 Å². The molecule has 1 aliphatic heterocycles. The van der Waals surface area contributed by atoms with Gasteiger partial charge >= 0.3 is 6.09 Å². The number of piperidine rings is 1. The third-order valence-corrected chi connectivity index (χ3v) is 3.56. The van der Waals surface area contributed by atoms with Crippen LogP contribution in [0.2, 0.25) is 0 Å². The minimum Gasteiger partial charge on any atom is -0.465 e. The third-order valence-electron chi connectivity index (χ3n) is 3.56. The Hall–Kier alpha value is -0.730. The Morgan fingerprint density at radius 1 is 1.15 bits per heavy atom. The SMILES string of the molecule is O=C(O)N1CCC2CCCCC2C1. The van der Waals surface area contributed by atoms with Crippen molar-refractivity contribution in [2.24, 2.45) is 11.8 Å². The number of likely N-dealkylation sites (tertiary alicyclic amines) is 1. The quantitative estimate of drug-likeness (QED) is 0.625. The highest BCUT2D eigenvalue weighted by molar-refractivity contribution is 5.65. The van der Waals surface area contributed by atoms with Crippen LogP contribution in [-0.2, 0) is 0 Å². The first-order chi connectivity index (χ1) is 6.27. The van der Waals surface area contributed by atoms with Crippen LogP contribution in [0.5, 0.6) is 0 Å². The fourth-order valence-electron chi connectivity index (χ4n) is 2.77. The van der Waals surface area contributed by atoms with E-state index in [0.29, 0.717) is 5.92 Å². The van der Waals surface area contributed by atoms with Gasteiger partial charge in [0.25, 0.3) is 0 Å². The van der Waals surface area contributed by atoms with Gasteiger partial charge in [0.05, 0.1) is 0 Å². The van der Waals surface area contributed by atoms with Crippen LogP contribution in [0.4, 0.5) is 4.79 Å². The summed E-state index contributed by atoms with van der Waals surface area (Å²) in [6.45, 7) is 1.55. The van der Waals surface area contributed by atoms with E-state index in [9.17, 15) is 4.79 Å². The average molecular weight is 183 g/mol. The Kier molecular flexibility index (Phi) is 2.42. The van der Waals surface area contributed by atoms with Gasteiger partial charge in [-0.05, 0) is 24.7 Å². The molecule has 2 rings (SSSR count). The predicted octanol–water partition coefficient (Wildman–Crippen LogP) is 2.18. The van der Waals surface area contributed by atoms with Crippen LogP contribution in [-0.4, -0.2) is 29.2 Å². The average Bonchev–Trinajstić information content (AvgIpc) is 2.17. The minimum atomic E-state index is -0.732. The smallest absolute Gasteiger partial charge is 0.407 e. The summed E-state index contributed by atoms with van der Waals surface area (Å²) in [5.41, 5.74) is 0. The first-order valence-electron chi connectivity index (χ1n) is 5.25.